The molecule has 1 aromatic rings. The van der Waals surface area contributed by atoms with Crippen molar-refractivity contribution in [3.8, 4) is 0 Å². The fourth-order valence-electron chi connectivity index (χ4n) is 1.21. The molecule has 0 amide bonds. The summed E-state index contributed by atoms with van der Waals surface area (Å²) in [4.78, 5) is 15.1. The zero-order valence-electron chi connectivity index (χ0n) is 11.1. The Morgan fingerprint density at radius 1 is 1.40 bits per heavy atom. The van der Waals surface area contributed by atoms with Gasteiger partial charge in [0, 0.05) is 19.8 Å². The number of sulfonamides is 1. The summed E-state index contributed by atoms with van der Waals surface area (Å²) in [5.41, 5.74) is 0.910. The average Bonchev–Trinajstić information content (AvgIpc) is 2.83. The number of sulfone groups is 1. The summed E-state index contributed by atoms with van der Waals surface area (Å²) >= 11 is 0.771. The van der Waals surface area contributed by atoms with Crippen molar-refractivity contribution in [2.24, 2.45) is 0 Å². The zero-order valence-corrected chi connectivity index (χ0v) is 13.5. The highest BCUT2D eigenvalue weighted by atomic mass is 32.2. The van der Waals surface area contributed by atoms with Crippen LogP contribution in [0.5, 0.6) is 0 Å². The van der Waals surface area contributed by atoms with Crippen LogP contribution in [0.4, 0.5) is 0 Å². The Morgan fingerprint density at radius 2 is 2.00 bits per heavy atom. The topological polar surface area (TPSA) is 111 Å². The second kappa shape index (κ2) is 6.16. The van der Waals surface area contributed by atoms with E-state index in [4.69, 9.17) is 0 Å². The highest BCUT2D eigenvalue weighted by molar-refractivity contribution is 7.91. The molecule has 0 aliphatic carbocycles. The second-order valence-corrected chi connectivity index (χ2v) is 9.29. The van der Waals surface area contributed by atoms with Crippen LogP contribution in [0.3, 0.4) is 0 Å². The maximum Gasteiger partial charge on any atom is 0.358 e. The van der Waals surface area contributed by atoms with E-state index in [-0.39, 0.29) is 22.2 Å². The van der Waals surface area contributed by atoms with E-state index in [0.717, 1.165) is 29.0 Å². The van der Waals surface area contributed by atoms with Crippen molar-refractivity contribution in [1.29, 1.82) is 0 Å². The van der Waals surface area contributed by atoms with Gasteiger partial charge in [-0.15, -0.1) is 11.3 Å². The summed E-state index contributed by atoms with van der Waals surface area (Å²) in [6.07, 6.45) is 1.01. The Morgan fingerprint density at radius 3 is 2.50 bits per heavy atom. The van der Waals surface area contributed by atoms with Crippen LogP contribution >= 0.6 is 11.3 Å². The highest BCUT2D eigenvalue weighted by Crippen LogP contribution is 2.23. The Kier molecular flexibility index (Phi) is 5.24. The molecular formula is C9H14N2O6S3. The van der Waals surface area contributed by atoms with Gasteiger partial charge in [0.2, 0.25) is 0 Å². The number of hydrogen-bond donors (Lipinski definition) is 0. The summed E-state index contributed by atoms with van der Waals surface area (Å²) in [6, 6.07) is 0. The first-order chi connectivity index (χ1) is 9.09. The number of aromatic nitrogens is 1. The van der Waals surface area contributed by atoms with Crippen LogP contribution in [-0.2, 0) is 24.6 Å². The standard InChI is InChI=1S/C9H14N2O6S3/c1-11(4-5-19(3,13)14)20(15,16)9-7(8(12)17-2)10-6-18-9/h6H,4-5H2,1-3H3. The molecule has 0 unspecified atom stereocenters. The van der Waals surface area contributed by atoms with Crippen molar-refractivity contribution in [3.05, 3.63) is 11.2 Å². The quantitative estimate of drug-likeness (QED) is 0.646. The lowest BCUT2D eigenvalue weighted by molar-refractivity contribution is 0.0590. The molecule has 0 fully saturated rings. The average molecular weight is 342 g/mol. The van der Waals surface area contributed by atoms with Crippen molar-refractivity contribution < 1.29 is 26.4 Å². The fourth-order valence-corrected chi connectivity index (χ4v) is 4.42. The Bertz CT molecular complexity index is 691. The normalized spacial score (nSPS) is 12.6. The molecule has 0 aliphatic rings. The Labute approximate surface area is 121 Å². The van der Waals surface area contributed by atoms with Gasteiger partial charge >= 0.3 is 5.97 Å². The molecule has 20 heavy (non-hydrogen) atoms. The molecule has 0 aromatic carbocycles. The monoisotopic (exact) mass is 342 g/mol. The summed E-state index contributed by atoms with van der Waals surface area (Å²) < 4.78 is 51.7. The van der Waals surface area contributed by atoms with E-state index >= 15 is 0 Å². The molecule has 0 radical (unpaired) electrons. The molecule has 0 spiro atoms. The fraction of sp³-hybridized carbons (Fsp3) is 0.556. The number of carbonyl (C=O) groups is 1. The SMILES string of the molecule is COC(=O)c1ncsc1S(=O)(=O)N(C)CCS(C)(=O)=O. The highest BCUT2D eigenvalue weighted by Gasteiger charge is 2.30. The molecule has 0 saturated carbocycles. The van der Waals surface area contributed by atoms with Crippen LogP contribution in [0.1, 0.15) is 10.5 Å². The lowest BCUT2D eigenvalue weighted by Gasteiger charge is -2.15. The van der Waals surface area contributed by atoms with Gasteiger partial charge in [-0.25, -0.2) is 26.6 Å². The summed E-state index contributed by atoms with van der Waals surface area (Å²) in [5.74, 6) is -1.17. The lowest BCUT2D eigenvalue weighted by Crippen LogP contribution is -2.32. The molecule has 0 bridgehead atoms. The minimum Gasteiger partial charge on any atom is -0.464 e. The van der Waals surface area contributed by atoms with Gasteiger partial charge in [-0.3, -0.25) is 0 Å². The van der Waals surface area contributed by atoms with Crippen molar-refractivity contribution in [2.45, 2.75) is 4.21 Å². The number of methoxy groups -OCH3 is 1. The molecule has 0 saturated heterocycles. The van der Waals surface area contributed by atoms with Gasteiger partial charge < -0.3 is 4.74 Å². The number of hydrogen-bond acceptors (Lipinski definition) is 8. The molecule has 0 N–H and O–H groups in total. The molecule has 1 rings (SSSR count). The summed E-state index contributed by atoms with van der Waals surface area (Å²) in [7, 11) is -4.92. The van der Waals surface area contributed by atoms with Crippen LogP contribution in [0.2, 0.25) is 0 Å². The predicted octanol–water partition coefficient (Wildman–Crippen LogP) is -0.405. The first-order valence-electron chi connectivity index (χ1n) is 5.25. The van der Waals surface area contributed by atoms with E-state index in [0.29, 0.717) is 0 Å². The molecular weight excluding hydrogens is 328 g/mol. The van der Waals surface area contributed by atoms with E-state index in [1.54, 1.807) is 0 Å². The van der Waals surface area contributed by atoms with Crippen LogP contribution < -0.4 is 0 Å². The first kappa shape index (κ1) is 17.0. The first-order valence-corrected chi connectivity index (χ1v) is 9.63. The third-order valence-corrected chi connectivity index (χ3v) is 6.46. The molecule has 1 heterocycles. The van der Waals surface area contributed by atoms with Gasteiger partial charge in [0.1, 0.15) is 9.84 Å². The minimum atomic E-state index is -3.98. The second-order valence-electron chi connectivity index (χ2n) is 3.94. The number of rotatable bonds is 6. The lowest BCUT2D eigenvalue weighted by atomic mass is 10.5. The Balaban J connectivity index is 3.05. The number of ether oxygens (including phenoxy) is 1. The summed E-state index contributed by atoms with van der Waals surface area (Å²) in [5, 5.41) is 0. The van der Waals surface area contributed by atoms with E-state index in [1.807, 2.05) is 0 Å². The maximum absolute atomic E-state index is 12.2. The van der Waals surface area contributed by atoms with Gasteiger partial charge in [0.25, 0.3) is 10.0 Å². The van der Waals surface area contributed by atoms with Crippen LogP contribution in [-0.4, -0.2) is 64.8 Å². The van der Waals surface area contributed by atoms with Crippen molar-refractivity contribution in [2.75, 3.05) is 32.7 Å². The number of thiazole rings is 1. The largest absolute Gasteiger partial charge is 0.464 e. The van der Waals surface area contributed by atoms with Gasteiger partial charge in [0.15, 0.2) is 9.90 Å². The smallest absolute Gasteiger partial charge is 0.358 e. The molecule has 0 aliphatic heterocycles. The Hall–Kier alpha value is -1.04. The third kappa shape index (κ3) is 3.98. The van der Waals surface area contributed by atoms with Crippen molar-refractivity contribution in [3.63, 3.8) is 0 Å². The number of nitrogens with zero attached hydrogens (tertiary/aromatic N) is 2. The van der Waals surface area contributed by atoms with Gasteiger partial charge in [-0.05, 0) is 0 Å². The van der Waals surface area contributed by atoms with Crippen molar-refractivity contribution >= 4 is 37.2 Å². The number of esters is 1. The molecule has 1 aromatic heterocycles. The molecule has 11 heteroatoms. The van der Waals surface area contributed by atoms with E-state index in [1.165, 1.54) is 12.6 Å². The third-order valence-electron chi connectivity index (χ3n) is 2.34. The minimum absolute atomic E-state index is 0.209. The summed E-state index contributed by atoms with van der Waals surface area (Å²) in [6.45, 7) is -0.209. The molecule has 0 atom stereocenters. The van der Waals surface area contributed by atoms with Gasteiger partial charge in [0.05, 0.1) is 18.4 Å². The zero-order chi connectivity index (χ0) is 15.6. The van der Waals surface area contributed by atoms with Crippen LogP contribution in [0.25, 0.3) is 0 Å². The molecule has 8 nitrogen and oxygen atoms in total. The van der Waals surface area contributed by atoms with Gasteiger partial charge in [-0.2, -0.15) is 4.31 Å². The van der Waals surface area contributed by atoms with E-state index in [2.05, 4.69) is 9.72 Å². The van der Waals surface area contributed by atoms with Crippen LogP contribution in [0.15, 0.2) is 9.72 Å². The van der Waals surface area contributed by atoms with Crippen molar-refractivity contribution in [1.82, 2.24) is 9.29 Å². The van der Waals surface area contributed by atoms with Gasteiger partial charge in [-0.1, -0.05) is 0 Å². The van der Waals surface area contributed by atoms with E-state index < -0.39 is 25.8 Å². The van der Waals surface area contributed by atoms with E-state index in [9.17, 15) is 21.6 Å². The molecule has 114 valence electrons. The predicted molar refractivity (Wildman–Crippen MR) is 73.0 cm³/mol. The van der Waals surface area contributed by atoms with Crippen LogP contribution in [0, 0.1) is 0 Å². The maximum atomic E-state index is 12.2. The number of carbonyl (C=O) groups excluding carboxylic acids is 1.